The molecule has 2 unspecified atom stereocenters. The Kier molecular flexibility index (Phi) is 4.92. The summed E-state index contributed by atoms with van der Waals surface area (Å²) in [4.78, 5) is 7.32. The molecule has 3 aromatic carbocycles. The van der Waals surface area contributed by atoms with E-state index in [0.29, 0.717) is 12.1 Å². The van der Waals surface area contributed by atoms with Gasteiger partial charge in [0.05, 0.1) is 11.2 Å². The van der Waals surface area contributed by atoms with E-state index in [1.54, 1.807) is 0 Å². The lowest BCUT2D eigenvalue weighted by Crippen LogP contribution is -2.41. The fourth-order valence-corrected chi connectivity index (χ4v) is 5.67. The van der Waals surface area contributed by atoms with Gasteiger partial charge in [0, 0.05) is 36.8 Å². The molecule has 3 heterocycles. The van der Waals surface area contributed by atoms with Gasteiger partial charge in [-0.05, 0) is 77.9 Å². The topological polar surface area (TPSA) is 28.2 Å². The first-order valence-electron chi connectivity index (χ1n) is 11.8. The fraction of sp³-hybridized carbons (Fsp3) is 0.276. The molecule has 160 valence electrons. The molecule has 1 fully saturated rings. The van der Waals surface area contributed by atoms with Gasteiger partial charge >= 0.3 is 0 Å². The quantitative estimate of drug-likeness (QED) is 0.404. The van der Waals surface area contributed by atoms with Gasteiger partial charge in [-0.2, -0.15) is 0 Å². The number of nitrogens with one attached hydrogen (secondary N) is 1. The molecule has 2 atom stereocenters. The summed E-state index contributed by atoms with van der Waals surface area (Å²) in [5, 5.41) is 7.55. The summed E-state index contributed by atoms with van der Waals surface area (Å²) in [5.41, 5.74) is 6.42. The maximum Gasteiger partial charge on any atom is 0.0933 e. The Balaban J connectivity index is 1.17. The molecule has 0 radical (unpaired) electrons. The monoisotopic (exact) mass is 419 g/mol. The molecule has 2 bridgehead atoms. The van der Waals surface area contributed by atoms with Crippen molar-refractivity contribution in [3.63, 3.8) is 0 Å². The van der Waals surface area contributed by atoms with E-state index in [2.05, 4.69) is 88.9 Å². The summed E-state index contributed by atoms with van der Waals surface area (Å²) in [5.74, 6) is 0. The summed E-state index contributed by atoms with van der Waals surface area (Å²) in [6.07, 6.45) is 8.15. The first-order valence-corrected chi connectivity index (χ1v) is 11.8. The Morgan fingerprint density at radius 2 is 1.81 bits per heavy atom. The van der Waals surface area contributed by atoms with Crippen molar-refractivity contribution in [1.82, 2.24) is 9.88 Å². The minimum Gasteiger partial charge on any atom is -0.382 e. The number of anilines is 1. The summed E-state index contributed by atoms with van der Waals surface area (Å²) in [7, 11) is 0. The number of rotatable bonds is 5. The van der Waals surface area contributed by atoms with Crippen molar-refractivity contribution in [3.8, 4) is 0 Å². The standard InChI is InChI=1S/C29H29N3/c1-20-15-24-7-4-12-31-29(24)28(16-20)30-13-14-32-26-10-11-27(32)19-25(18-26)23-9-8-21-5-2-3-6-22(21)17-23/h2-9,12,15-18,26-27,30H,10-11,13-14,19H2,1H3. The van der Waals surface area contributed by atoms with Crippen LogP contribution in [0, 0.1) is 6.92 Å². The fourth-order valence-electron chi connectivity index (χ4n) is 5.67. The minimum atomic E-state index is 0.560. The number of hydrogen-bond acceptors (Lipinski definition) is 3. The van der Waals surface area contributed by atoms with Gasteiger partial charge in [0.2, 0.25) is 0 Å². The lowest BCUT2D eigenvalue weighted by atomic mass is 9.93. The van der Waals surface area contributed by atoms with E-state index in [1.807, 2.05) is 12.3 Å². The summed E-state index contributed by atoms with van der Waals surface area (Å²) in [6, 6.07) is 25.4. The highest BCUT2D eigenvalue weighted by Crippen LogP contribution is 2.39. The smallest absolute Gasteiger partial charge is 0.0933 e. The summed E-state index contributed by atoms with van der Waals surface area (Å²) < 4.78 is 0. The second-order valence-corrected chi connectivity index (χ2v) is 9.31. The van der Waals surface area contributed by atoms with Crippen molar-refractivity contribution in [2.24, 2.45) is 0 Å². The van der Waals surface area contributed by atoms with E-state index in [1.165, 1.54) is 45.7 Å². The molecular formula is C29H29N3. The maximum absolute atomic E-state index is 4.61. The van der Waals surface area contributed by atoms with Crippen LogP contribution in [0.2, 0.25) is 0 Å². The molecule has 3 nitrogen and oxygen atoms in total. The van der Waals surface area contributed by atoms with Gasteiger partial charge in [0.25, 0.3) is 0 Å². The predicted molar refractivity (Wildman–Crippen MR) is 135 cm³/mol. The van der Waals surface area contributed by atoms with Crippen LogP contribution in [0.15, 0.2) is 79.0 Å². The van der Waals surface area contributed by atoms with Crippen molar-refractivity contribution in [3.05, 3.63) is 90.1 Å². The molecule has 2 aliphatic rings. The molecule has 2 aliphatic heterocycles. The van der Waals surface area contributed by atoms with Gasteiger partial charge in [-0.3, -0.25) is 9.88 Å². The van der Waals surface area contributed by atoms with E-state index in [4.69, 9.17) is 0 Å². The molecule has 0 spiro atoms. The van der Waals surface area contributed by atoms with Crippen LogP contribution >= 0.6 is 0 Å². The third kappa shape index (κ3) is 3.57. The normalized spacial score (nSPS) is 20.6. The number of hydrogen-bond donors (Lipinski definition) is 1. The number of benzene rings is 3. The lowest BCUT2D eigenvalue weighted by Gasteiger charge is -2.34. The molecule has 3 heteroatoms. The number of fused-ring (bicyclic) bond motifs is 4. The SMILES string of the molecule is Cc1cc(NCCN2C3C=C(c4ccc5ccccc5c4)CC2CC3)c2ncccc2c1. The third-order valence-electron chi connectivity index (χ3n) is 7.19. The zero-order valence-electron chi connectivity index (χ0n) is 18.6. The highest BCUT2D eigenvalue weighted by molar-refractivity contribution is 5.91. The van der Waals surface area contributed by atoms with Crippen molar-refractivity contribution in [2.75, 3.05) is 18.4 Å². The Morgan fingerprint density at radius 3 is 2.72 bits per heavy atom. The average Bonchev–Trinajstić information content (AvgIpc) is 3.05. The molecule has 1 aromatic heterocycles. The minimum absolute atomic E-state index is 0.560. The molecule has 0 amide bonds. The molecule has 32 heavy (non-hydrogen) atoms. The van der Waals surface area contributed by atoms with E-state index in [0.717, 1.165) is 30.7 Å². The highest BCUT2D eigenvalue weighted by atomic mass is 15.2. The molecule has 0 saturated carbocycles. The largest absolute Gasteiger partial charge is 0.382 e. The van der Waals surface area contributed by atoms with Gasteiger partial charge in [-0.15, -0.1) is 0 Å². The zero-order chi connectivity index (χ0) is 21.5. The summed E-state index contributed by atoms with van der Waals surface area (Å²) in [6.45, 7) is 4.17. The molecule has 4 aromatic rings. The first kappa shape index (κ1) is 19.5. The molecule has 6 rings (SSSR count). The van der Waals surface area contributed by atoms with E-state index in [-0.39, 0.29) is 0 Å². The van der Waals surface area contributed by atoms with Gasteiger partial charge in [0.15, 0.2) is 0 Å². The molecule has 1 N–H and O–H groups in total. The number of aromatic nitrogens is 1. The van der Waals surface area contributed by atoms with Gasteiger partial charge in [-0.25, -0.2) is 0 Å². The Labute approximate surface area is 189 Å². The Bertz CT molecular complexity index is 1320. The molecule has 0 aliphatic carbocycles. The molecular weight excluding hydrogens is 390 g/mol. The second kappa shape index (κ2) is 8.07. The number of pyridine rings is 1. The van der Waals surface area contributed by atoms with Gasteiger partial charge in [-0.1, -0.05) is 48.5 Å². The van der Waals surface area contributed by atoms with Gasteiger partial charge < -0.3 is 5.32 Å². The van der Waals surface area contributed by atoms with Crippen LogP contribution in [-0.4, -0.2) is 35.1 Å². The average molecular weight is 420 g/mol. The number of aryl methyl sites for hydroxylation is 1. The predicted octanol–water partition coefficient (Wildman–Crippen LogP) is 6.43. The van der Waals surface area contributed by atoms with Crippen molar-refractivity contribution in [2.45, 2.75) is 38.3 Å². The highest BCUT2D eigenvalue weighted by Gasteiger charge is 2.36. The van der Waals surface area contributed by atoms with Crippen LogP contribution in [0.4, 0.5) is 5.69 Å². The van der Waals surface area contributed by atoms with E-state index >= 15 is 0 Å². The van der Waals surface area contributed by atoms with Gasteiger partial charge in [0.1, 0.15) is 0 Å². The van der Waals surface area contributed by atoms with E-state index in [9.17, 15) is 0 Å². The van der Waals surface area contributed by atoms with E-state index < -0.39 is 0 Å². The first-order chi connectivity index (χ1) is 15.7. The van der Waals surface area contributed by atoms with Crippen molar-refractivity contribution >= 4 is 32.9 Å². The lowest BCUT2D eigenvalue weighted by molar-refractivity contribution is 0.221. The van der Waals surface area contributed by atoms with Crippen LogP contribution in [0.1, 0.15) is 30.4 Å². The maximum atomic E-state index is 4.61. The van der Waals surface area contributed by atoms with Crippen LogP contribution in [0.25, 0.3) is 27.2 Å². The Hall–Kier alpha value is -3.17. The third-order valence-corrected chi connectivity index (χ3v) is 7.19. The van der Waals surface area contributed by atoms with Crippen LogP contribution in [0.3, 0.4) is 0 Å². The Morgan fingerprint density at radius 1 is 0.938 bits per heavy atom. The van der Waals surface area contributed by atoms with Crippen LogP contribution < -0.4 is 5.32 Å². The van der Waals surface area contributed by atoms with Crippen LogP contribution in [-0.2, 0) is 0 Å². The van der Waals surface area contributed by atoms with Crippen molar-refractivity contribution in [1.29, 1.82) is 0 Å². The zero-order valence-corrected chi connectivity index (χ0v) is 18.6. The molecule has 1 saturated heterocycles. The summed E-state index contributed by atoms with van der Waals surface area (Å²) >= 11 is 0. The van der Waals surface area contributed by atoms with Crippen molar-refractivity contribution < 1.29 is 0 Å². The van der Waals surface area contributed by atoms with Crippen LogP contribution in [0.5, 0.6) is 0 Å². The number of nitrogens with zero attached hydrogens (tertiary/aromatic N) is 2. The second-order valence-electron chi connectivity index (χ2n) is 9.31.